The molecule has 0 rings (SSSR count). The lowest BCUT2D eigenvalue weighted by Crippen LogP contribution is -2.18. The van der Waals surface area contributed by atoms with Gasteiger partial charge in [0.2, 0.25) is 0 Å². The van der Waals surface area contributed by atoms with Crippen LogP contribution in [0, 0.1) is 0 Å². The molecule has 0 N–H and O–H groups in total. The summed E-state index contributed by atoms with van der Waals surface area (Å²) in [6, 6.07) is 0. The lowest BCUT2D eigenvalue weighted by molar-refractivity contribution is -0.145. The zero-order valence-electron chi connectivity index (χ0n) is 16.7. The number of ether oxygens (including phenoxy) is 1. The van der Waals surface area contributed by atoms with Gasteiger partial charge in [-0.3, -0.25) is 0 Å². The van der Waals surface area contributed by atoms with Gasteiger partial charge in [-0.25, -0.2) is 4.79 Å². The Morgan fingerprint density at radius 3 is 1.54 bits per heavy atom. The molecule has 0 heterocycles. The lowest BCUT2D eigenvalue weighted by atomic mass is 10.0. The molecule has 0 saturated heterocycles. The van der Waals surface area contributed by atoms with E-state index in [1.165, 1.54) is 83.5 Å². The quantitative estimate of drug-likeness (QED) is 0.157. The SMILES string of the molecule is C=C(C)C(=O)OC(CCCCCC)CCCCCCCCCCC. The topological polar surface area (TPSA) is 26.3 Å². The van der Waals surface area contributed by atoms with Gasteiger partial charge in [0, 0.05) is 5.57 Å². The van der Waals surface area contributed by atoms with Crippen molar-refractivity contribution >= 4 is 5.97 Å². The molecule has 0 radical (unpaired) electrons. The first-order valence-electron chi connectivity index (χ1n) is 10.5. The third-order valence-corrected chi connectivity index (χ3v) is 4.63. The van der Waals surface area contributed by atoms with E-state index in [0.717, 1.165) is 12.8 Å². The van der Waals surface area contributed by atoms with Crippen LogP contribution in [0.15, 0.2) is 12.2 Å². The molecule has 0 aromatic heterocycles. The summed E-state index contributed by atoms with van der Waals surface area (Å²) < 4.78 is 5.63. The molecule has 0 aromatic carbocycles. The molecule has 2 nitrogen and oxygen atoms in total. The van der Waals surface area contributed by atoms with Gasteiger partial charge in [-0.15, -0.1) is 0 Å². The van der Waals surface area contributed by atoms with Crippen LogP contribution in [-0.2, 0) is 9.53 Å². The highest BCUT2D eigenvalue weighted by molar-refractivity contribution is 5.87. The van der Waals surface area contributed by atoms with Crippen LogP contribution in [0.25, 0.3) is 0 Å². The van der Waals surface area contributed by atoms with E-state index in [2.05, 4.69) is 20.4 Å². The number of esters is 1. The Bertz CT molecular complexity index is 309. The third-order valence-electron chi connectivity index (χ3n) is 4.63. The number of hydrogen-bond donors (Lipinski definition) is 0. The average molecular weight is 339 g/mol. The first kappa shape index (κ1) is 23.2. The molecule has 0 bridgehead atoms. The van der Waals surface area contributed by atoms with Crippen molar-refractivity contribution in [1.82, 2.24) is 0 Å². The number of hydrogen-bond acceptors (Lipinski definition) is 2. The van der Waals surface area contributed by atoms with Crippen molar-refractivity contribution < 1.29 is 9.53 Å². The van der Waals surface area contributed by atoms with Crippen LogP contribution < -0.4 is 0 Å². The van der Waals surface area contributed by atoms with Crippen LogP contribution in [-0.4, -0.2) is 12.1 Å². The second-order valence-corrected chi connectivity index (χ2v) is 7.27. The number of carbonyl (C=O) groups excluding carboxylic acids is 1. The molecule has 1 atom stereocenters. The van der Waals surface area contributed by atoms with E-state index in [1.54, 1.807) is 6.92 Å². The van der Waals surface area contributed by atoms with Gasteiger partial charge in [-0.05, 0) is 32.6 Å². The molecule has 24 heavy (non-hydrogen) atoms. The summed E-state index contributed by atoms with van der Waals surface area (Å²) in [5.41, 5.74) is 0.514. The van der Waals surface area contributed by atoms with Crippen molar-refractivity contribution in [3.05, 3.63) is 12.2 Å². The molecule has 0 fully saturated rings. The summed E-state index contributed by atoms with van der Waals surface area (Å²) in [4.78, 5) is 11.8. The minimum Gasteiger partial charge on any atom is -0.459 e. The number of carbonyl (C=O) groups is 1. The summed E-state index contributed by atoms with van der Waals surface area (Å²) in [6.45, 7) is 9.91. The Hall–Kier alpha value is -0.790. The Kier molecular flexibility index (Phi) is 16.5. The summed E-state index contributed by atoms with van der Waals surface area (Å²) in [5.74, 6) is -0.216. The molecule has 0 aliphatic carbocycles. The van der Waals surface area contributed by atoms with Gasteiger partial charge < -0.3 is 4.74 Å². The van der Waals surface area contributed by atoms with Gasteiger partial charge in [-0.2, -0.15) is 0 Å². The van der Waals surface area contributed by atoms with Gasteiger partial charge in [0.1, 0.15) is 6.10 Å². The van der Waals surface area contributed by atoms with Crippen molar-refractivity contribution in [2.24, 2.45) is 0 Å². The fourth-order valence-electron chi connectivity index (χ4n) is 3.00. The largest absolute Gasteiger partial charge is 0.459 e. The van der Waals surface area contributed by atoms with Gasteiger partial charge >= 0.3 is 5.97 Å². The van der Waals surface area contributed by atoms with E-state index >= 15 is 0 Å². The smallest absolute Gasteiger partial charge is 0.333 e. The lowest BCUT2D eigenvalue weighted by Gasteiger charge is -2.18. The fraction of sp³-hybridized carbons (Fsp3) is 0.864. The summed E-state index contributed by atoms with van der Waals surface area (Å²) in [6.07, 6.45) is 19.0. The van der Waals surface area contributed by atoms with E-state index in [1.807, 2.05) is 0 Å². The number of rotatable bonds is 17. The van der Waals surface area contributed by atoms with Crippen molar-refractivity contribution in [3.63, 3.8) is 0 Å². The molecule has 1 unspecified atom stereocenters. The number of unbranched alkanes of at least 4 members (excludes halogenated alkanes) is 11. The standard InChI is InChI=1S/C22H42O2/c1-5-7-9-11-12-13-14-15-17-19-21(18-16-10-8-6-2)24-22(23)20(3)4/h21H,3,5-19H2,1-2,4H3. The van der Waals surface area contributed by atoms with Crippen LogP contribution in [0.4, 0.5) is 0 Å². The average Bonchev–Trinajstić information content (AvgIpc) is 2.56. The van der Waals surface area contributed by atoms with Crippen LogP contribution in [0.3, 0.4) is 0 Å². The maximum Gasteiger partial charge on any atom is 0.333 e. The molecule has 0 aliphatic rings. The minimum atomic E-state index is -0.216. The van der Waals surface area contributed by atoms with E-state index in [9.17, 15) is 4.79 Å². The minimum absolute atomic E-state index is 0.0932. The Morgan fingerprint density at radius 1 is 0.750 bits per heavy atom. The highest BCUT2D eigenvalue weighted by atomic mass is 16.5. The van der Waals surface area contributed by atoms with Gasteiger partial charge in [0.05, 0.1) is 0 Å². The molecule has 0 spiro atoms. The first-order valence-corrected chi connectivity index (χ1v) is 10.5. The van der Waals surface area contributed by atoms with E-state index in [0.29, 0.717) is 5.57 Å². The predicted molar refractivity (Wildman–Crippen MR) is 105 cm³/mol. The van der Waals surface area contributed by atoms with Crippen molar-refractivity contribution in [1.29, 1.82) is 0 Å². The third kappa shape index (κ3) is 14.8. The van der Waals surface area contributed by atoms with Crippen LogP contribution in [0.1, 0.15) is 117 Å². The zero-order valence-corrected chi connectivity index (χ0v) is 16.7. The summed E-state index contributed by atoms with van der Waals surface area (Å²) in [7, 11) is 0. The molecular formula is C22H42O2. The van der Waals surface area contributed by atoms with Gasteiger partial charge in [-0.1, -0.05) is 91.1 Å². The van der Waals surface area contributed by atoms with E-state index in [4.69, 9.17) is 4.74 Å². The summed E-state index contributed by atoms with van der Waals surface area (Å²) in [5, 5.41) is 0. The molecule has 0 amide bonds. The van der Waals surface area contributed by atoms with E-state index < -0.39 is 0 Å². The van der Waals surface area contributed by atoms with Crippen molar-refractivity contribution in [3.8, 4) is 0 Å². The first-order chi connectivity index (χ1) is 11.6. The van der Waals surface area contributed by atoms with Crippen LogP contribution in [0.2, 0.25) is 0 Å². The van der Waals surface area contributed by atoms with Crippen LogP contribution >= 0.6 is 0 Å². The van der Waals surface area contributed by atoms with Crippen molar-refractivity contribution in [2.45, 2.75) is 123 Å². The zero-order chi connectivity index (χ0) is 18.0. The molecule has 0 aliphatic heterocycles. The predicted octanol–water partition coefficient (Wildman–Crippen LogP) is 7.37. The Balaban J connectivity index is 3.82. The molecule has 142 valence electrons. The monoisotopic (exact) mass is 338 g/mol. The highest BCUT2D eigenvalue weighted by Crippen LogP contribution is 2.17. The Labute approximate surface area is 151 Å². The highest BCUT2D eigenvalue weighted by Gasteiger charge is 2.14. The van der Waals surface area contributed by atoms with E-state index in [-0.39, 0.29) is 12.1 Å². The maximum absolute atomic E-state index is 11.8. The second kappa shape index (κ2) is 17.0. The summed E-state index contributed by atoms with van der Waals surface area (Å²) >= 11 is 0. The van der Waals surface area contributed by atoms with Gasteiger partial charge in [0.25, 0.3) is 0 Å². The van der Waals surface area contributed by atoms with Crippen LogP contribution in [0.5, 0.6) is 0 Å². The second-order valence-electron chi connectivity index (χ2n) is 7.27. The fourth-order valence-corrected chi connectivity index (χ4v) is 3.00. The Morgan fingerprint density at radius 2 is 1.12 bits per heavy atom. The maximum atomic E-state index is 11.8. The molecular weight excluding hydrogens is 296 g/mol. The molecule has 0 aromatic rings. The molecule has 0 saturated carbocycles. The van der Waals surface area contributed by atoms with Gasteiger partial charge in [0.15, 0.2) is 0 Å². The molecule has 2 heteroatoms. The normalized spacial score (nSPS) is 12.1. The van der Waals surface area contributed by atoms with Crippen molar-refractivity contribution in [2.75, 3.05) is 0 Å².